The van der Waals surface area contributed by atoms with Crippen LogP contribution in [0.15, 0.2) is 40.6 Å². The third-order valence-electron chi connectivity index (χ3n) is 4.04. The summed E-state index contributed by atoms with van der Waals surface area (Å²) in [7, 11) is -0.541. The van der Waals surface area contributed by atoms with E-state index in [0.29, 0.717) is 18.0 Å². The fourth-order valence-electron chi connectivity index (χ4n) is 2.91. The van der Waals surface area contributed by atoms with Crippen LogP contribution in [-0.4, -0.2) is 33.5 Å². The standard InChI is InChI=1S/C16H19NO4S2/c1-20-14-8-7-12(11-15(14)21-2)23(18,19)17-9-3-5-13(17)16-6-4-10-22-16/h4,6-8,10-11,13H,3,5,9H2,1-2H3. The van der Waals surface area contributed by atoms with Crippen LogP contribution in [-0.2, 0) is 10.0 Å². The number of methoxy groups -OCH3 is 2. The van der Waals surface area contributed by atoms with Crippen molar-refractivity contribution in [3.8, 4) is 11.5 Å². The zero-order valence-electron chi connectivity index (χ0n) is 13.1. The molecule has 0 N–H and O–H groups in total. The molecule has 0 radical (unpaired) electrons. The van der Waals surface area contributed by atoms with Crippen LogP contribution in [0.5, 0.6) is 11.5 Å². The van der Waals surface area contributed by atoms with Crippen LogP contribution in [0.2, 0.25) is 0 Å². The third-order valence-corrected chi connectivity index (χ3v) is 6.91. The van der Waals surface area contributed by atoms with Gasteiger partial charge in [0.25, 0.3) is 0 Å². The van der Waals surface area contributed by atoms with E-state index in [1.54, 1.807) is 27.8 Å². The minimum absolute atomic E-state index is 0.0758. The second-order valence-electron chi connectivity index (χ2n) is 5.31. The van der Waals surface area contributed by atoms with Crippen LogP contribution < -0.4 is 9.47 Å². The third kappa shape index (κ3) is 2.96. The molecule has 1 atom stereocenters. The molecule has 2 aromatic rings. The first-order valence-electron chi connectivity index (χ1n) is 7.35. The molecule has 1 aliphatic heterocycles. The Morgan fingerprint density at radius 3 is 2.61 bits per heavy atom. The zero-order valence-corrected chi connectivity index (χ0v) is 14.7. The van der Waals surface area contributed by atoms with E-state index in [0.717, 1.165) is 17.7 Å². The molecule has 7 heteroatoms. The predicted molar refractivity (Wildman–Crippen MR) is 89.7 cm³/mol. The summed E-state index contributed by atoms with van der Waals surface area (Å²) < 4.78 is 38.1. The van der Waals surface area contributed by atoms with Crippen molar-refractivity contribution < 1.29 is 17.9 Å². The molecule has 1 aromatic heterocycles. The summed E-state index contributed by atoms with van der Waals surface area (Å²) in [6.45, 7) is 0.541. The van der Waals surface area contributed by atoms with Gasteiger partial charge in [0.05, 0.1) is 25.2 Å². The van der Waals surface area contributed by atoms with Gasteiger partial charge >= 0.3 is 0 Å². The van der Waals surface area contributed by atoms with E-state index in [1.807, 2.05) is 17.5 Å². The Balaban J connectivity index is 1.98. The molecular formula is C16H19NO4S2. The Hall–Kier alpha value is -1.57. The molecule has 0 saturated carbocycles. The molecule has 0 amide bonds. The molecular weight excluding hydrogens is 334 g/mol. The summed E-state index contributed by atoms with van der Waals surface area (Å²) in [5.74, 6) is 0.933. The van der Waals surface area contributed by atoms with Gasteiger partial charge in [-0.05, 0) is 36.4 Å². The Kier molecular flexibility index (Phi) is 4.61. The van der Waals surface area contributed by atoms with Crippen LogP contribution in [0.3, 0.4) is 0 Å². The molecule has 0 spiro atoms. The van der Waals surface area contributed by atoms with Gasteiger partial charge < -0.3 is 9.47 Å². The highest BCUT2D eigenvalue weighted by Crippen LogP contribution is 2.39. The first kappa shape index (κ1) is 16.3. The SMILES string of the molecule is COc1ccc(S(=O)(=O)N2CCCC2c2cccs2)cc1OC. The normalized spacial score (nSPS) is 19.0. The smallest absolute Gasteiger partial charge is 0.243 e. The number of ether oxygens (including phenoxy) is 2. The van der Waals surface area contributed by atoms with Crippen LogP contribution >= 0.6 is 11.3 Å². The molecule has 1 saturated heterocycles. The first-order valence-corrected chi connectivity index (χ1v) is 9.67. The Morgan fingerprint density at radius 2 is 1.96 bits per heavy atom. The number of hydrogen-bond donors (Lipinski definition) is 0. The minimum atomic E-state index is -3.57. The van der Waals surface area contributed by atoms with Crippen molar-refractivity contribution in [2.75, 3.05) is 20.8 Å². The second-order valence-corrected chi connectivity index (χ2v) is 8.18. The van der Waals surface area contributed by atoms with Crippen LogP contribution in [0, 0.1) is 0 Å². The summed E-state index contributed by atoms with van der Waals surface area (Å²) in [6, 6.07) is 8.60. The van der Waals surface area contributed by atoms with Crippen LogP contribution in [0.25, 0.3) is 0 Å². The second kappa shape index (κ2) is 6.51. The molecule has 0 bridgehead atoms. The van der Waals surface area contributed by atoms with Crippen molar-refractivity contribution in [3.63, 3.8) is 0 Å². The van der Waals surface area contributed by atoms with Crippen molar-refractivity contribution in [1.82, 2.24) is 4.31 Å². The molecule has 2 heterocycles. The van der Waals surface area contributed by atoms with E-state index in [-0.39, 0.29) is 10.9 Å². The topological polar surface area (TPSA) is 55.8 Å². The van der Waals surface area contributed by atoms with Crippen LogP contribution in [0.1, 0.15) is 23.8 Å². The van der Waals surface area contributed by atoms with Gasteiger partial charge in [-0.1, -0.05) is 6.07 Å². The summed E-state index contributed by atoms with van der Waals surface area (Å²) in [5.41, 5.74) is 0. The highest BCUT2D eigenvalue weighted by atomic mass is 32.2. The Labute approximate surface area is 140 Å². The lowest BCUT2D eigenvalue weighted by Gasteiger charge is -2.23. The monoisotopic (exact) mass is 353 g/mol. The number of benzene rings is 1. The van der Waals surface area contributed by atoms with E-state index in [1.165, 1.54) is 20.3 Å². The van der Waals surface area contributed by atoms with Gasteiger partial charge in [-0.15, -0.1) is 11.3 Å². The highest BCUT2D eigenvalue weighted by Gasteiger charge is 2.37. The lowest BCUT2D eigenvalue weighted by Crippen LogP contribution is -2.30. The molecule has 0 aliphatic carbocycles. The fraction of sp³-hybridized carbons (Fsp3) is 0.375. The van der Waals surface area contributed by atoms with Crippen molar-refractivity contribution in [1.29, 1.82) is 0 Å². The molecule has 1 unspecified atom stereocenters. The Morgan fingerprint density at radius 1 is 1.17 bits per heavy atom. The number of nitrogens with zero attached hydrogens (tertiary/aromatic N) is 1. The maximum atomic E-state index is 13.0. The van der Waals surface area contributed by atoms with Gasteiger partial charge in [-0.25, -0.2) is 8.42 Å². The van der Waals surface area contributed by atoms with E-state index in [9.17, 15) is 8.42 Å². The molecule has 3 rings (SSSR count). The average Bonchev–Trinajstić information content (AvgIpc) is 3.24. The maximum Gasteiger partial charge on any atom is 0.243 e. The summed E-state index contributed by atoms with van der Waals surface area (Å²) in [5, 5.41) is 1.98. The lowest BCUT2D eigenvalue weighted by molar-refractivity contribution is 0.353. The van der Waals surface area contributed by atoms with Gasteiger partial charge in [0.1, 0.15) is 0 Å². The van der Waals surface area contributed by atoms with Gasteiger partial charge in [-0.3, -0.25) is 0 Å². The number of thiophene rings is 1. The maximum absolute atomic E-state index is 13.0. The molecule has 1 aromatic carbocycles. The van der Waals surface area contributed by atoms with Gasteiger partial charge in [0.15, 0.2) is 11.5 Å². The average molecular weight is 353 g/mol. The lowest BCUT2D eigenvalue weighted by atomic mass is 10.2. The van der Waals surface area contributed by atoms with Crippen molar-refractivity contribution in [2.45, 2.75) is 23.8 Å². The van der Waals surface area contributed by atoms with E-state index in [4.69, 9.17) is 9.47 Å². The molecule has 1 fully saturated rings. The predicted octanol–water partition coefficient (Wildman–Crippen LogP) is 3.29. The molecule has 5 nitrogen and oxygen atoms in total. The van der Waals surface area contributed by atoms with Crippen molar-refractivity contribution in [3.05, 3.63) is 40.6 Å². The summed E-state index contributed by atoms with van der Waals surface area (Å²) in [4.78, 5) is 1.32. The summed E-state index contributed by atoms with van der Waals surface area (Å²) in [6.07, 6.45) is 1.72. The number of sulfonamides is 1. The summed E-state index contributed by atoms with van der Waals surface area (Å²) >= 11 is 1.60. The van der Waals surface area contributed by atoms with Crippen molar-refractivity contribution >= 4 is 21.4 Å². The largest absolute Gasteiger partial charge is 0.493 e. The van der Waals surface area contributed by atoms with Crippen LogP contribution in [0.4, 0.5) is 0 Å². The van der Waals surface area contributed by atoms with E-state index < -0.39 is 10.0 Å². The number of hydrogen-bond acceptors (Lipinski definition) is 5. The molecule has 1 aliphatic rings. The zero-order chi connectivity index (χ0) is 16.4. The minimum Gasteiger partial charge on any atom is -0.493 e. The Bertz CT molecular complexity index is 771. The van der Waals surface area contributed by atoms with Gasteiger partial charge in [0.2, 0.25) is 10.0 Å². The first-order chi connectivity index (χ1) is 11.1. The van der Waals surface area contributed by atoms with E-state index in [2.05, 4.69) is 0 Å². The van der Waals surface area contributed by atoms with Gasteiger partial charge in [0, 0.05) is 17.5 Å². The van der Waals surface area contributed by atoms with E-state index >= 15 is 0 Å². The van der Waals surface area contributed by atoms with Crippen molar-refractivity contribution in [2.24, 2.45) is 0 Å². The van der Waals surface area contributed by atoms with Gasteiger partial charge in [-0.2, -0.15) is 4.31 Å². The quantitative estimate of drug-likeness (QED) is 0.828. The fourth-order valence-corrected chi connectivity index (χ4v) is 5.54. The number of rotatable bonds is 5. The highest BCUT2D eigenvalue weighted by molar-refractivity contribution is 7.89. The molecule has 23 heavy (non-hydrogen) atoms. The molecule has 124 valence electrons.